The van der Waals surface area contributed by atoms with Crippen molar-refractivity contribution >= 4 is 122 Å². The number of aryl methyl sites for hydroxylation is 4. The van der Waals surface area contributed by atoms with Crippen LogP contribution in [0.3, 0.4) is 0 Å². The maximum Gasteiger partial charge on any atom is 0.195 e. The molecule has 9 heteroatoms. The van der Waals surface area contributed by atoms with Gasteiger partial charge in [-0.2, -0.15) is 0 Å². The summed E-state index contributed by atoms with van der Waals surface area (Å²) in [6.45, 7) is 8.41. The van der Waals surface area contributed by atoms with Gasteiger partial charge in [0.1, 0.15) is 0 Å². The summed E-state index contributed by atoms with van der Waals surface area (Å²) < 4.78 is 3.51. The molecule has 0 radical (unpaired) electrons. The van der Waals surface area contributed by atoms with Crippen LogP contribution in [-0.2, 0) is 0 Å². The smallest absolute Gasteiger partial charge is 0.195 e. The van der Waals surface area contributed by atoms with Gasteiger partial charge in [-0.3, -0.25) is 9.59 Å². The molecule has 0 saturated heterocycles. The molecular formula is C42H31Cl3O2S4. The highest BCUT2D eigenvalue weighted by Crippen LogP contribution is 2.40. The van der Waals surface area contributed by atoms with E-state index in [0.29, 0.717) is 25.8 Å². The minimum absolute atomic E-state index is 0.00733. The first-order chi connectivity index (χ1) is 24.4. The first-order valence-electron chi connectivity index (χ1n) is 15.9. The largest absolute Gasteiger partial charge is 0.289 e. The molecule has 0 spiro atoms. The Hall–Kier alpha value is -3.33. The average Bonchev–Trinajstić information content (AvgIpc) is 3.12. The van der Waals surface area contributed by atoms with Crippen LogP contribution in [0, 0.1) is 27.7 Å². The van der Waals surface area contributed by atoms with E-state index in [1.54, 1.807) is 35.2 Å². The number of hydrogen-bond acceptors (Lipinski definition) is 6. The van der Waals surface area contributed by atoms with Gasteiger partial charge in [0.15, 0.2) is 10.9 Å². The number of rotatable bonds is 2. The van der Waals surface area contributed by atoms with Crippen LogP contribution in [0.15, 0.2) is 133 Å². The van der Waals surface area contributed by atoms with E-state index in [-0.39, 0.29) is 10.9 Å². The second-order valence-electron chi connectivity index (χ2n) is 12.0. The van der Waals surface area contributed by atoms with Gasteiger partial charge >= 0.3 is 0 Å². The van der Waals surface area contributed by atoms with Gasteiger partial charge in [0.05, 0.1) is 24.5 Å². The summed E-state index contributed by atoms with van der Waals surface area (Å²) in [6, 6.07) is 35.0. The topological polar surface area (TPSA) is 34.1 Å². The zero-order valence-corrected chi connectivity index (χ0v) is 33.6. The molecule has 0 aliphatic carbocycles. The van der Waals surface area contributed by atoms with Crippen LogP contribution in [0.2, 0.25) is 15.1 Å². The van der Waals surface area contributed by atoms with E-state index in [2.05, 4.69) is 70.7 Å². The first-order valence-corrected chi connectivity index (χ1v) is 19.9. The summed E-state index contributed by atoms with van der Waals surface area (Å²) in [6.07, 6.45) is 0. The van der Waals surface area contributed by atoms with E-state index in [4.69, 9.17) is 34.8 Å². The predicted octanol–water partition coefficient (Wildman–Crippen LogP) is 14.1. The summed E-state index contributed by atoms with van der Waals surface area (Å²) in [5, 5.41) is 4.39. The lowest BCUT2D eigenvalue weighted by Gasteiger charge is -2.09. The van der Waals surface area contributed by atoms with Crippen molar-refractivity contribution in [3.8, 4) is 0 Å². The fourth-order valence-corrected chi connectivity index (χ4v) is 9.72. The Morgan fingerprint density at radius 1 is 0.529 bits per heavy atom. The molecule has 51 heavy (non-hydrogen) atoms. The molecule has 0 bridgehead atoms. The van der Waals surface area contributed by atoms with Crippen LogP contribution in [0.4, 0.5) is 0 Å². The summed E-state index contributed by atoms with van der Waals surface area (Å²) in [4.78, 5) is 28.2. The molecular weight excluding hydrogens is 771 g/mol. The molecule has 8 aromatic rings. The van der Waals surface area contributed by atoms with E-state index in [9.17, 15) is 9.59 Å². The predicted molar refractivity (Wildman–Crippen MR) is 229 cm³/mol. The van der Waals surface area contributed by atoms with Gasteiger partial charge in [0.2, 0.25) is 0 Å². The standard InChI is InChI=1S/C21H15ClOS2.C13H6Cl2OS.C8H10S/c1-12-7-8-14(11-13(12)2)24-18-10-9-16-20(23)15-5-3-4-6-17(15)25-21(16)19(18)22;14-9-6-5-8-12(16)7-3-1-2-4-10(7)17-13(8)11(9)15;1-6-3-4-8(9)5-7(6)2/h3-11H,1-2H3;1-6H;3-5,9H,1-2H3. The monoisotopic (exact) mass is 800 g/mol. The lowest BCUT2D eigenvalue weighted by atomic mass is 10.1. The highest BCUT2D eigenvalue weighted by molar-refractivity contribution is 7.99. The number of halogens is 3. The third kappa shape index (κ3) is 8.18. The average molecular weight is 802 g/mol. The summed E-state index contributed by atoms with van der Waals surface area (Å²) >= 11 is 27.7. The number of hydrogen-bond donors (Lipinski definition) is 1. The van der Waals surface area contributed by atoms with Crippen molar-refractivity contribution < 1.29 is 0 Å². The number of benzene rings is 6. The molecule has 8 rings (SSSR count). The Balaban J connectivity index is 0.000000148. The van der Waals surface area contributed by atoms with Crippen molar-refractivity contribution in [3.63, 3.8) is 0 Å². The van der Waals surface area contributed by atoms with Gasteiger partial charge in [0.25, 0.3) is 0 Å². The van der Waals surface area contributed by atoms with Crippen molar-refractivity contribution in [1.82, 2.24) is 0 Å². The minimum atomic E-state index is 0.00733. The van der Waals surface area contributed by atoms with E-state index in [0.717, 1.165) is 44.3 Å². The molecule has 2 aromatic heterocycles. The second-order valence-corrected chi connectivity index (χ2v) is 16.9. The van der Waals surface area contributed by atoms with Crippen LogP contribution in [0.25, 0.3) is 40.3 Å². The van der Waals surface area contributed by atoms with E-state index < -0.39 is 0 Å². The summed E-state index contributed by atoms with van der Waals surface area (Å²) in [7, 11) is 0. The van der Waals surface area contributed by atoms with Gasteiger partial charge in [0, 0.05) is 45.6 Å². The lowest BCUT2D eigenvalue weighted by molar-refractivity contribution is 1.27. The van der Waals surface area contributed by atoms with Crippen molar-refractivity contribution in [2.24, 2.45) is 0 Å². The van der Waals surface area contributed by atoms with E-state index >= 15 is 0 Å². The second kappa shape index (κ2) is 16.1. The molecule has 2 heterocycles. The fourth-order valence-electron chi connectivity index (χ4n) is 5.33. The SMILES string of the molecule is Cc1ccc(S)cc1C.Cc1ccc(Sc2ccc3c(=O)c4ccccc4sc3c2Cl)cc1C.O=c1c2ccccc2sc2c(Cl)c(Cl)ccc12. The summed E-state index contributed by atoms with van der Waals surface area (Å²) in [5.74, 6) is 0. The Morgan fingerprint density at radius 2 is 1.04 bits per heavy atom. The first kappa shape index (κ1) is 37.4. The Kier molecular flexibility index (Phi) is 11.8. The van der Waals surface area contributed by atoms with Gasteiger partial charge < -0.3 is 0 Å². The van der Waals surface area contributed by atoms with Crippen molar-refractivity contribution in [1.29, 1.82) is 0 Å². The van der Waals surface area contributed by atoms with Crippen LogP contribution in [0.1, 0.15) is 22.3 Å². The maximum absolute atomic E-state index is 12.7. The number of thiol groups is 1. The molecule has 0 saturated carbocycles. The van der Waals surface area contributed by atoms with Crippen LogP contribution < -0.4 is 10.9 Å². The maximum atomic E-state index is 12.7. The minimum Gasteiger partial charge on any atom is -0.289 e. The highest BCUT2D eigenvalue weighted by Gasteiger charge is 2.13. The summed E-state index contributed by atoms with van der Waals surface area (Å²) in [5.41, 5.74) is 5.23. The highest BCUT2D eigenvalue weighted by atomic mass is 35.5. The molecule has 6 aromatic carbocycles. The third-order valence-corrected chi connectivity index (χ3v) is 13.8. The molecule has 256 valence electrons. The van der Waals surface area contributed by atoms with Gasteiger partial charge in [-0.15, -0.1) is 35.3 Å². The molecule has 0 aliphatic rings. The van der Waals surface area contributed by atoms with Gasteiger partial charge in [-0.1, -0.05) is 83.0 Å². The van der Waals surface area contributed by atoms with Crippen molar-refractivity contribution in [2.75, 3.05) is 0 Å². The molecule has 0 amide bonds. The number of fused-ring (bicyclic) bond motifs is 4. The molecule has 0 atom stereocenters. The fraction of sp³-hybridized carbons (Fsp3) is 0.0952. The van der Waals surface area contributed by atoms with Crippen molar-refractivity contribution in [2.45, 2.75) is 42.4 Å². The molecule has 0 aliphatic heterocycles. The molecule has 0 N–H and O–H groups in total. The van der Waals surface area contributed by atoms with Crippen LogP contribution in [0.5, 0.6) is 0 Å². The Bertz CT molecular complexity index is 2720. The Labute approximate surface area is 329 Å². The lowest BCUT2D eigenvalue weighted by Crippen LogP contribution is -2.01. The van der Waals surface area contributed by atoms with E-state index in [1.165, 1.54) is 33.6 Å². The Morgan fingerprint density at radius 3 is 1.59 bits per heavy atom. The van der Waals surface area contributed by atoms with Gasteiger partial charge in [-0.25, -0.2) is 0 Å². The van der Waals surface area contributed by atoms with Gasteiger partial charge in [-0.05, 0) is 123 Å². The third-order valence-electron chi connectivity index (χ3n) is 8.49. The molecule has 2 nitrogen and oxygen atoms in total. The quantitative estimate of drug-likeness (QED) is 0.140. The van der Waals surface area contributed by atoms with Crippen LogP contribution in [-0.4, -0.2) is 0 Å². The molecule has 0 fully saturated rings. The normalized spacial score (nSPS) is 11.0. The zero-order chi connectivity index (χ0) is 36.4. The van der Waals surface area contributed by atoms with Crippen LogP contribution >= 0.6 is 81.9 Å². The zero-order valence-electron chi connectivity index (χ0n) is 28.0. The molecule has 0 unspecified atom stereocenters. The van der Waals surface area contributed by atoms with E-state index in [1.807, 2.05) is 66.7 Å². The van der Waals surface area contributed by atoms with Crippen molar-refractivity contribution in [3.05, 3.63) is 167 Å².